The molecule has 0 aliphatic heterocycles. The van der Waals surface area contributed by atoms with Gasteiger partial charge in [0.15, 0.2) is 5.65 Å². The van der Waals surface area contributed by atoms with Crippen LogP contribution in [0.1, 0.15) is 37.8 Å². The number of hydrogen-bond donors (Lipinski definition) is 0. The lowest BCUT2D eigenvalue weighted by molar-refractivity contribution is 0.853. The van der Waals surface area contributed by atoms with Gasteiger partial charge in [0.2, 0.25) is 0 Å². The molecule has 0 aliphatic rings. The van der Waals surface area contributed by atoms with Gasteiger partial charge in [0.05, 0.1) is 0 Å². The van der Waals surface area contributed by atoms with Crippen molar-refractivity contribution in [2.45, 2.75) is 33.1 Å². The Balaban J connectivity index is 0.000000136. The molecule has 0 aromatic carbocycles. The molecule has 0 unspecified atom stereocenters. The van der Waals surface area contributed by atoms with Crippen molar-refractivity contribution in [2.24, 2.45) is 0 Å². The Morgan fingerprint density at radius 2 is 1.83 bits per heavy atom. The summed E-state index contributed by atoms with van der Waals surface area (Å²) in [7, 11) is 0. The van der Waals surface area contributed by atoms with Crippen LogP contribution in [-0.4, -0.2) is 24.0 Å². The molecule has 0 fully saturated rings. The molecule has 0 saturated heterocycles. The van der Waals surface area contributed by atoms with E-state index in [4.69, 9.17) is 0 Å². The molecule has 0 spiro atoms. The van der Waals surface area contributed by atoms with Crippen molar-refractivity contribution in [2.75, 3.05) is 0 Å². The van der Waals surface area contributed by atoms with Gasteiger partial charge in [-0.2, -0.15) is 0 Å². The number of hydrogen-bond acceptors (Lipinski definition) is 3. The van der Waals surface area contributed by atoms with E-state index in [1.165, 1.54) is 11.1 Å². The zero-order valence-corrected chi connectivity index (χ0v) is 13.7. The van der Waals surface area contributed by atoms with Gasteiger partial charge in [-0.25, -0.2) is 4.98 Å². The fourth-order valence-electron chi connectivity index (χ4n) is 2.36. The van der Waals surface area contributed by atoms with E-state index in [0.717, 1.165) is 17.7 Å². The van der Waals surface area contributed by atoms with Gasteiger partial charge >= 0.3 is 0 Å². The first-order valence-electron chi connectivity index (χ1n) is 7.88. The molecule has 0 bridgehead atoms. The van der Waals surface area contributed by atoms with Crippen molar-refractivity contribution >= 4 is 11.3 Å². The summed E-state index contributed by atoms with van der Waals surface area (Å²) in [6.45, 7) is 6.50. The molecule has 0 atom stereocenters. The normalized spacial score (nSPS) is 11.0. The molecule has 118 valence electrons. The Morgan fingerprint density at radius 1 is 1.00 bits per heavy atom. The maximum Gasteiger partial charge on any atom is 0.160 e. The largest absolute Gasteiger partial charge is 0.307 e. The lowest BCUT2D eigenvalue weighted by Gasteiger charge is -2.04. The van der Waals surface area contributed by atoms with E-state index in [1.54, 1.807) is 6.33 Å². The van der Waals surface area contributed by atoms with E-state index in [2.05, 4.69) is 60.5 Å². The van der Waals surface area contributed by atoms with E-state index in [9.17, 15) is 0 Å². The minimum atomic E-state index is 0.553. The minimum absolute atomic E-state index is 0.553. The van der Waals surface area contributed by atoms with Crippen LogP contribution in [0.4, 0.5) is 0 Å². The zero-order valence-electron chi connectivity index (χ0n) is 13.7. The summed E-state index contributed by atoms with van der Waals surface area (Å²) in [5, 5.41) is 7.75. The Morgan fingerprint density at radius 3 is 2.61 bits per heavy atom. The number of imidazole rings is 1. The first-order valence-corrected chi connectivity index (χ1v) is 7.88. The molecule has 4 rings (SSSR count). The summed E-state index contributed by atoms with van der Waals surface area (Å²) in [6, 6.07) is 8.23. The molecule has 5 heteroatoms. The highest BCUT2D eigenvalue weighted by atomic mass is 15.2. The summed E-state index contributed by atoms with van der Waals surface area (Å²) >= 11 is 0. The number of pyridine rings is 2. The van der Waals surface area contributed by atoms with Crippen LogP contribution in [0.3, 0.4) is 0 Å². The third-order valence-electron chi connectivity index (χ3n) is 3.84. The molecule has 0 N–H and O–H groups in total. The Hall–Kier alpha value is -2.69. The van der Waals surface area contributed by atoms with Crippen LogP contribution in [0.2, 0.25) is 0 Å². The Bertz CT molecular complexity index is 904. The number of fused-ring (bicyclic) bond motifs is 2. The first kappa shape index (κ1) is 15.2. The average molecular weight is 307 g/mol. The quantitative estimate of drug-likeness (QED) is 0.566. The smallest absolute Gasteiger partial charge is 0.160 e. The topological polar surface area (TPSA) is 47.5 Å². The Labute approximate surface area is 135 Å². The van der Waals surface area contributed by atoms with E-state index in [-0.39, 0.29) is 0 Å². The van der Waals surface area contributed by atoms with E-state index in [0.29, 0.717) is 5.92 Å². The van der Waals surface area contributed by atoms with Crippen LogP contribution in [-0.2, 0) is 6.42 Å². The number of nitrogens with zero attached hydrogens (tertiary/aromatic N) is 5. The third kappa shape index (κ3) is 3.39. The molecule has 0 radical (unpaired) electrons. The van der Waals surface area contributed by atoms with Crippen LogP contribution in [0.25, 0.3) is 11.3 Å². The van der Waals surface area contributed by atoms with Crippen LogP contribution in [0, 0.1) is 0 Å². The maximum atomic E-state index is 4.16. The fourth-order valence-corrected chi connectivity index (χ4v) is 2.36. The lowest BCUT2D eigenvalue weighted by Crippen LogP contribution is -1.91. The highest BCUT2D eigenvalue weighted by Crippen LogP contribution is 2.13. The van der Waals surface area contributed by atoms with Crippen LogP contribution < -0.4 is 0 Å². The second-order valence-electron chi connectivity index (χ2n) is 5.80. The first-order chi connectivity index (χ1) is 11.2. The van der Waals surface area contributed by atoms with Gasteiger partial charge in [-0.15, -0.1) is 10.2 Å². The van der Waals surface area contributed by atoms with Crippen molar-refractivity contribution in [3.8, 4) is 0 Å². The predicted octanol–water partition coefficient (Wildman–Crippen LogP) is 3.75. The molecule has 0 aliphatic carbocycles. The second kappa shape index (κ2) is 6.60. The second-order valence-corrected chi connectivity index (χ2v) is 5.80. The minimum Gasteiger partial charge on any atom is -0.307 e. The molecule has 4 aromatic rings. The lowest BCUT2D eigenvalue weighted by atomic mass is 10.1. The molecule has 0 saturated carbocycles. The van der Waals surface area contributed by atoms with E-state index in [1.807, 2.05) is 33.3 Å². The van der Waals surface area contributed by atoms with Gasteiger partial charge < -0.3 is 4.40 Å². The van der Waals surface area contributed by atoms with Gasteiger partial charge in [-0.05, 0) is 35.6 Å². The van der Waals surface area contributed by atoms with Crippen molar-refractivity contribution in [1.82, 2.24) is 24.0 Å². The van der Waals surface area contributed by atoms with Crippen molar-refractivity contribution in [1.29, 1.82) is 0 Å². The number of rotatable bonds is 2. The summed E-state index contributed by atoms with van der Waals surface area (Å²) in [6.07, 6.45) is 10.8. The van der Waals surface area contributed by atoms with E-state index < -0.39 is 0 Å². The summed E-state index contributed by atoms with van der Waals surface area (Å²) < 4.78 is 3.98. The molecule has 0 amide bonds. The summed E-state index contributed by atoms with van der Waals surface area (Å²) in [5.41, 5.74) is 4.57. The van der Waals surface area contributed by atoms with Crippen LogP contribution >= 0.6 is 0 Å². The summed E-state index contributed by atoms with van der Waals surface area (Å²) in [5.74, 6) is 0.553. The highest BCUT2D eigenvalue weighted by molar-refractivity contribution is 5.39. The van der Waals surface area contributed by atoms with Crippen molar-refractivity contribution < 1.29 is 0 Å². The predicted molar refractivity (Wildman–Crippen MR) is 91.6 cm³/mol. The monoisotopic (exact) mass is 307 g/mol. The average Bonchev–Trinajstić information content (AvgIpc) is 3.22. The standard InChI is InChI=1S/C9H11N3.C9H10N2/c1-7(2)8-3-4-9-11-10-6-12(9)5-8;1-2-8-3-4-9-10-5-6-11(9)7-8/h3-7H,1-2H3;3-7H,2H2,1H3. The summed E-state index contributed by atoms with van der Waals surface area (Å²) in [4.78, 5) is 4.16. The van der Waals surface area contributed by atoms with Crippen LogP contribution in [0.15, 0.2) is 55.4 Å². The third-order valence-corrected chi connectivity index (χ3v) is 3.84. The van der Waals surface area contributed by atoms with Gasteiger partial charge in [0, 0.05) is 24.8 Å². The van der Waals surface area contributed by atoms with Crippen molar-refractivity contribution in [3.05, 3.63) is 66.5 Å². The molecular formula is C18H21N5. The van der Waals surface area contributed by atoms with Crippen LogP contribution in [0.5, 0.6) is 0 Å². The Kier molecular flexibility index (Phi) is 4.37. The molecule has 5 nitrogen and oxygen atoms in total. The van der Waals surface area contributed by atoms with Crippen molar-refractivity contribution in [3.63, 3.8) is 0 Å². The SMILES string of the molecule is CC(C)c1ccc2nncn2c1.CCc1ccc2nccn2c1. The molecule has 4 heterocycles. The molecule has 4 aromatic heterocycles. The van der Waals surface area contributed by atoms with E-state index >= 15 is 0 Å². The maximum absolute atomic E-state index is 4.16. The zero-order chi connectivity index (χ0) is 16.2. The fraction of sp³-hybridized carbons (Fsp3) is 0.278. The number of aryl methyl sites for hydroxylation is 1. The van der Waals surface area contributed by atoms with Gasteiger partial charge in [0.25, 0.3) is 0 Å². The number of aromatic nitrogens is 5. The van der Waals surface area contributed by atoms with Gasteiger partial charge in [-0.3, -0.25) is 4.40 Å². The molecular weight excluding hydrogens is 286 g/mol. The van der Waals surface area contributed by atoms with Gasteiger partial charge in [0.1, 0.15) is 12.0 Å². The van der Waals surface area contributed by atoms with Gasteiger partial charge in [-0.1, -0.05) is 32.9 Å². The molecule has 23 heavy (non-hydrogen) atoms. The highest BCUT2D eigenvalue weighted by Gasteiger charge is 2.00.